The lowest BCUT2D eigenvalue weighted by molar-refractivity contribution is -0.143. The van der Waals surface area contributed by atoms with E-state index in [2.05, 4.69) is 62.4 Å². The number of sulfonamides is 1. The molecular weight excluding hydrogens is 1120 g/mol. The number of unbranched alkanes of at least 4 members (excludes halogenated alkanes) is 1. The number of hydrogen-bond donors (Lipinski definition) is 1. The number of piperazine rings is 1. The Balaban J connectivity index is 0.626. The van der Waals surface area contributed by atoms with Crippen molar-refractivity contribution in [3.63, 3.8) is 0 Å². The quantitative estimate of drug-likeness (QED) is 0.0495. The summed E-state index contributed by atoms with van der Waals surface area (Å²) in [7, 11) is -2.26. The van der Waals surface area contributed by atoms with Gasteiger partial charge in [-0.3, -0.25) is 14.4 Å². The first-order valence-electron chi connectivity index (χ1n) is 28.5. The predicted octanol–water partition coefficient (Wildman–Crippen LogP) is 5.81. The molecule has 0 spiro atoms. The van der Waals surface area contributed by atoms with Crippen LogP contribution in [0.3, 0.4) is 0 Å². The van der Waals surface area contributed by atoms with Gasteiger partial charge in [0.05, 0.1) is 67.7 Å². The fraction of sp³-hybridized carbons (Fsp3) is 0.467. The van der Waals surface area contributed by atoms with Crippen molar-refractivity contribution in [2.24, 2.45) is 5.41 Å². The zero-order chi connectivity index (χ0) is 61.2. The largest absolute Gasteiger partial charge is 0.488 e. The van der Waals surface area contributed by atoms with Crippen LogP contribution in [0.15, 0.2) is 91.6 Å². The number of aromatic nitrogens is 8. The number of fused-ring (bicyclic) bond motifs is 1. The Morgan fingerprint density at radius 1 is 0.907 bits per heavy atom. The van der Waals surface area contributed by atoms with E-state index in [1.807, 2.05) is 41.5 Å². The first-order chi connectivity index (χ1) is 41.2. The number of Topliss-reactive ketones (excluding diaryl/α,β-unsaturated/α-hetero) is 1. The Labute approximate surface area is 500 Å². The average Bonchev–Trinajstić information content (AvgIpc) is 2.01. The molecule has 86 heavy (non-hydrogen) atoms. The Hall–Kier alpha value is -8.51. The summed E-state index contributed by atoms with van der Waals surface area (Å²) in [5.74, 6) is 0.923. The van der Waals surface area contributed by atoms with Crippen molar-refractivity contribution in [2.45, 2.75) is 111 Å². The number of amides is 2. The Morgan fingerprint density at radius 3 is 2.40 bits per heavy atom. The van der Waals surface area contributed by atoms with Crippen LogP contribution in [0.2, 0.25) is 0 Å². The molecule has 26 heteroatoms. The van der Waals surface area contributed by atoms with Gasteiger partial charge in [0.2, 0.25) is 27.8 Å². The van der Waals surface area contributed by atoms with Crippen LogP contribution in [0.25, 0.3) is 11.3 Å². The van der Waals surface area contributed by atoms with Crippen molar-refractivity contribution in [1.29, 1.82) is 5.26 Å². The van der Waals surface area contributed by atoms with Crippen LogP contribution < -0.4 is 24.6 Å². The second-order valence-corrected chi connectivity index (χ2v) is 25.2. The SMILES string of the molecule is COC(=O)[C@H](CCC(C)(C)C)NC(=O)c1ccc(Oc2cccc(OC3CN(S(=O)(=O)CCOCCCCOCc4cn(CC(=O)N5CCN(c6ncc(-c7ccc8c(n7)N(Cc7cccnc7C#N)C(C)(C)C8=O)cn6)C[C@@H]5C)nn4)C3)c2)nc1. The minimum Gasteiger partial charge on any atom is -0.488 e. The topological polar surface area (TPSA) is 293 Å². The number of benzene rings is 1. The van der Waals surface area contributed by atoms with Crippen LogP contribution in [0.1, 0.15) is 105 Å². The van der Waals surface area contributed by atoms with Gasteiger partial charge in [-0.15, -0.1) is 5.10 Å². The summed E-state index contributed by atoms with van der Waals surface area (Å²) in [5.41, 5.74) is 2.70. The third-order valence-electron chi connectivity index (χ3n) is 15.1. The number of methoxy groups -OCH3 is 1. The highest BCUT2D eigenvalue weighted by Crippen LogP contribution is 2.40. The Morgan fingerprint density at radius 2 is 1.67 bits per heavy atom. The highest BCUT2D eigenvalue weighted by molar-refractivity contribution is 7.89. The molecule has 5 aromatic heterocycles. The summed E-state index contributed by atoms with van der Waals surface area (Å²) in [4.78, 5) is 80.7. The van der Waals surface area contributed by atoms with Gasteiger partial charge in [-0.25, -0.2) is 42.8 Å². The lowest BCUT2D eigenvalue weighted by atomic mass is 9.88. The van der Waals surface area contributed by atoms with E-state index < -0.39 is 33.5 Å². The van der Waals surface area contributed by atoms with E-state index in [0.29, 0.717) is 116 Å². The molecule has 1 aromatic carbocycles. The number of nitrogens with one attached hydrogen (secondary N) is 1. The number of pyridine rings is 3. The van der Waals surface area contributed by atoms with Crippen molar-refractivity contribution >= 4 is 45.4 Å². The summed E-state index contributed by atoms with van der Waals surface area (Å²) in [6.07, 6.45) is 10.2. The van der Waals surface area contributed by atoms with Gasteiger partial charge in [0, 0.05) is 93.5 Å². The molecule has 9 rings (SSSR count). The van der Waals surface area contributed by atoms with Gasteiger partial charge >= 0.3 is 5.97 Å². The molecule has 0 saturated carbocycles. The third-order valence-corrected chi connectivity index (χ3v) is 16.8. The van der Waals surface area contributed by atoms with Crippen LogP contribution >= 0.6 is 0 Å². The smallest absolute Gasteiger partial charge is 0.328 e. The number of rotatable bonds is 26. The molecule has 2 saturated heterocycles. The van der Waals surface area contributed by atoms with E-state index in [1.54, 1.807) is 79.4 Å². The molecule has 6 aromatic rings. The Kier molecular flexibility index (Phi) is 19.7. The first kappa shape index (κ1) is 62.0. The molecule has 0 bridgehead atoms. The Bertz CT molecular complexity index is 3530. The summed E-state index contributed by atoms with van der Waals surface area (Å²) in [5, 5.41) is 20.7. The standard InChI is InChI=1S/C60H72N14O11S/c1-40-33-70(58-64-31-43(32-65-58)49-17-16-48-54(76)60(5,6)74(55(48)66-49)34-42-12-11-21-62-51(42)29-61)22-23-73(40)53(75)38-71-35-44(68-69-71)39-83-25-9-8-24-82-26-27-86(79,80)72-36-47(37-72)84-45-13-10-14-46(28-45)85-52-18-15-41(30-63-52)56(77)67-50(57(78)81-7)19-20-59(2,3)4/h10-18,21,28,30-32,35,40,47,50H,8-9,19-20,22-27,33-34,36-39H2,1-7H3,(H,67,77)/t40-,50-/m0/s1. The minimum absolute atomic E-state index is 0.0198. The van der Waals surface area contributed by atoms with Crippen molar-refractivity contribution in [3.05, 3.63) is 120 Å². The van der Waals surface area contributed by atoms with Crippen LogP contribution in [-0.2, 0) is 53.5 Å². The van der Waals surface area contributed by atoms with E-state index in [0.717, 1.165) is 0 Å². The zero-order valence-electron chi connectivity index (χ0n) is 49.4. The van der Waals surface area contributed by atoms with Crippen molar-refractivity contribution < 1.29 is 51.3 Å². The number of carbonyl (C=O) groups excluding carboxylic acids is 4. The van der Waals surface area contributed by atoms with Crippen molar-refractivity contribution in [3.8, 4) is 34.7 Å². The lowest BCUT2D eigenvalue weighted by Gasteiger charge is -2.39. The van der Waals surface area contributed by atoms with Gasteiger partial charge < -0.3 is 43.7 Å². The average molecular weight is 1200 g/mol. The van der Waals surface area contributed by atoms with E-state index in [-0.39, 0.29) is 85.8 Å². The van der Waals surface area contributed by atoms with E-state index >= 15 is 0 Å². The highest BCUT2D eigenvalue weighted by atomic mass is 32.2. The number of ketones is 1. The van der Waals surface area contributed by atoms with Gasteiger partial charge in [-0.05, 0) is 88.3 Å². The maximum atomic E-state index is 13.5. The van der Waals surface area contributed by atoms with Crippen LogP contribution in [0, 0.1) is 16.7 Å². The summed E-state index contributed by atoms with van der Waals surface area (Å²) in [6.45, 7) is 15.1. The van der Waals surface area contributed by atoms with Crippen LogP contribution in [-0.4, -0.2) is 170 Å². The molecule has 0 unspecified atom stereocenters. The van der Waals surface area contributed by atoms with E-state index in [4.69, 9.17) is 28.7 Å². The number of anilines is 2. The van der Waals surface area contributed by atoms with Gasteiger partial charge in [0.25, 0.3) is 5.91 Å². The summed E-state index contributed by atoms with van der Waals surface area (Å²) < 4.78 is 57.2. The molecule has 25 nitrogen and oxygen atoms in total. The normalized spacial score (nSPS) is 16.5. The second kappa shape index (κ2) is 27.2. The van der Waals surface area contributed by atoms with Crippen LogP contribution in [0.5, 0.6) is 17.4 Å². The van der Waals surface area contributed by atoms with Crippen molar-refractivity contribution in [2.75, 3.05) is 75.2 Å². The second-order valence-electron chi connectivity index (χ2n) is 23.1. The number of hydrogen-bond acceptors (Lipinski definition) is 21. The minimum atomic E-state index is -3.55. The van der Waals surface area contributed by atoms with Gasteiger partial charge in [0.1, 0.15) is 53.5 Å². The number of esters is 1. The monoisotopic (exact) mass is 1200 g/mol. The maximum Gasteiger partial charge on any atom is 0.328 e. The molecule has 0 radical (unpaired) electrons. The zero-order valence-corrected chi connectivity index (χ0v) is 50.2. The fourth-order valence-electron chi connectivity index (χ4n) is 10.0. The molecule has 0 aliphatic carbocycles. The lowest BCUT2D eigenvalue weighted by Crippen LogP contribution is -2.56. The molecule has 3 aliphatic heterocycles. The number of carbonyl (C=O) groups is 4. The van der Waals surface area contributed by atoms with Crippen LogP contribution in [0.4, 0.5) is 11.8 Å². The number of nitriles is 1. The van der Waals surface area contributed by atoms with Gasteiger partial charge in [0.15, 0.2) is 5.78 Å². The molecule has 1 N–H and O–H groups in total. The number of nitrogens with zero attached hydrogens (tertiary/aromatic N) is 13. The molecule has 2 atom stereocenters. The van der Waals surface area contributed by atoms with Gasteiger partial charge in [-0.1, -0.05) is 38.1 Å². The van der Waals surface area contributed by atoms with E-state index in [1.165, 1.54) is 22.3 Å². The highest BCUT2D eigenvalue weighted by Gasteiger charge is 2.45. The maximum absolute atomic E-state index is 13.5. The molecule has 3 aliphatic rings. The summed E-state index contributed by atoms with van der Waals surface area (Å²) in [6, 6.07) is 18.4. The van der Waals surface area contributed by atoms with E-state index in [9.17, 15) is 32.9 Å². The summed E-state index contributed by atoms with van der Waals surface area (Å²) >= 11 is 0. The first-order valence-corrected chi connectivity index (χ1v) is 30.1. The molecule has 454 valence electrons. The number of ether oxygens (including phenoxy) is 5. The molecular formula is C60H72N14O11S. The van der Waals surface area contributed by atoms with Crippen molar-refractivity contribution in [1.82, 2.24) is 54.4 Å². The molecule has 2 fully saturated rings. The molecule has 2 amide bonds. The molecule has 8 heterocycles. The third kappa shape index (κ3) is 15.5. The predicted molar refractivity (Wildman–Crippen MR) is 314 cm³/mol. The van der Waals surface area contributed by atoms with Gasteiger partial charge in [-0.2, -0.15) is 9.57 Å². The fourth-order valence-corrected chi connectivity index (χ4v) is 11.4.